The lowest BCUT2D eigenvalue weighted by molar-refractivity contribution is -0.138. The fourth-order valence-electron chi connectivity index (χ4n) is 3.04. The molecule has 146 valence electrons. The van der Waals surface area contributed by atoms with E-state index in [1.807, 2.05) is 44.2 Å². The predicted octanol–water partition coefficient (Wildman–Crippen LogP) is 4.69. The van der Waals surface area contributed by atoms with E-state index in [4.69, 9.17) is 0 Å². The van der Waals surface area contributed by atoms with Crippen LogP contribution >= 0.6 is 0 Å². The van der Waals surface area contributed by atoms with Gasteiger partial charge in [-0.3, -0.25) is 9.69 Å². The summed E-state index contributed by atoms with van der Waals surface area (Å²) >= 11 is 0. The molecule has 2 aromatic rings. The molecule has 0 saturated carbocycles. The molecule has 1 heterocycles. The number of alkyl halides is 3. The highest BCUT2D eigenvalue weighted by atomic mass is 19.4. The maximum Gasteiger partial charge on any atom is 0.417 e. The molecule has 0 bridgehead atoms. The van der Waals surface area contributed by atoms with Crippen molar-refractivity contribution in [2.24, 2.45) is 0 Å². The van der Waals surface area contributed by atoms with Crippen molar-refractivity contribution >= 4 is 5.91 Å². The summed E-state index contributed by atoms with van der Waals surface area (Å²) in [7, 11) is 0. The Hall–Kier alpha value is -2.34. The second-order valence-corrected chi connectivity index (χ2v) is 6.10. The van der Waals surface area contributed by atoms with Crippen LogP contribution < -0.4 is 0 Å². The lowest BCUT2D eigenvalue weighted by Crippen LogP contribution is -2.48. The van der Waals surface area contributed by atoms with Gasteiger partial charge in [0.05, 0.1) is 11.1 Å². The van der Waals surface area contributed by atoms with E-state index in [2.05, 4.69) is 4.90 Å². The number of carbonyl (C=O) groups is 1. The number of hydrogen-bond acceptors (Lipinski definition) is 2. The van der Waals surface area contributed by atoms with Gasteiger partial charge in [0.1, 0.15) is 0 Å². The monoisotopic (exact) mass is 378 g/mol. The topological polar surface area (TPSA) is 23.6 Å². The Morgan fingerprint density at radius 1 is 0.889 bits per heavy atom. The molecule has 1 saturated heterocycles. The predicted molar refractivity (Wildman–Crippen MR) is 100 cm³/mol. The molecular weight excluding hydrogens is 353 g/mol. The summed E-state index contributed by atoms with van der Waals surface area (Å²) in [6, 6.07) is 15.0. The Morgan fingerprint density at radius 3 is 2.04 bits per heavy atom. The van der Waals surface area contributed by atoms with Crippen LogP contribution in [0.1, 0.15) is 35.3 Å². The van der Waals surface area contributed by atoms with Gasteiger partial charge in [-0.15, -0.1) is 0 Å². The molecule has 1 aliphatic rings. The van der Waals surface area contributed by atoms with Crippen LogP contribution in [0.15, 0.2) is 54.6 Å². The molecule has 0 N–H and O–H groups in total. The normalized spacial score (nSPS) is 15.1. The SMILES string of the molecule is CC.O=C(c1ccccc1C(F)(F)F)N1CCN(Cc2ccccc2)CC1. The van der Waals surface area contributed by atoms with Crippen LogP contribution in [-0.2, 0) is 12.7 Å². The van der Waals surface area contributed by atoms with E-state index in [-0.39, 0.29) is 5.56 Å². The number of amides is 1. The van der Waals surface area contributed by atoms with Crippen LogP contribution in [0.4, 0.5) is 13.2 Å². The maximum absolute atomic E-state index is 13.1. The summed E-state index contributed by atoms with van der Waals surface area (Å²) in [5, 5.41) is 0. The Bertz CT molecular complexity index is 724. The van der Waals surface area contributed by atoms with Gasteiger partial charge >= 0.3 is 6.18 Å². The van der Waals surface area contributed by atoms with Gasteiger partial charge < -0.3 is 4.90 Å². The third-order valence-corrected chi connectivity index (χ3v) is 4.37. The van der Waals surface area contributed by atoms with E-state index in [1.165, 1.54) is 28.7 Å². The van der Waals surface area contributed by atoms with Crippen molar-refractivity contribution in [1.82, 2.24) is 9.80 Å². The molecule has 0 aromatic heterocycles. The van der Waals surface area contributed by atoms with E-state index in [0.717, 1.165) is 12.6 Å². The van der Waals surface area contributed by atoms with Gasteiger partial charge in [0, 0.05) is 32.7 Å². The molecule has 0 unspecified atom stereocenters. The van der Waals surface area contributed by atoms with Gasteiger partial charge in [-0.1, -0.05) is 56.3 Å². The van der Waals surface area contributed by atoms with Crippen LogP contribution in [0, 0.1) is 0 Å². The van der Waals surface area contributed by atoms with Crippen molar-refractivity contribution in [1.29, 1.82) is 0 Å². The molecule has 3 rings (SSSR count). The molecule has 1 fully saturated rings. The van der Waals surface area contributed by atoms with E-state index in [9.17, 15) is 18.0 Å². The number of hydrogen-bond donors (Lipinski definition) is 0. The first kappa shape index (κ1) is 21.0. The molecule has 27 heavy (non-hydrogen) atoms. The van der Waals surface area contributed by atoms with Crippen molar-refractivity contribution in [3.05, 3.63) is 71.3 Å². The minimum absolute atomic E-state index is 0.272. The average Bonchev–Trinajstić information content (AvgIpc) is 2.70. The highest BCUT2D eigenvalue weighted by Gasteiger charge is 2.36. The minimum Gasteiger partial charge on any atom is -0.336 e. The summed E-state index contributed by atoms with van der Waals surface area (Å²) in [6.07, 6.45) is -4.53. The molecule has 1 amide bonds. The molecule has 3 nitrogen and oxygen atoms in total. The van der Waals surface area contributed by atoms with E-state index >= 15 is 0 Å². The number of piperazine rings is 1. The minimum atomic E-state index is -4.53. The molecule has 0 radical (unpaired) electrons. The largest absolute Gasteiger partial charge is 0.417 e. The number of rotatable bonds is 3. The lowest BCUT2D eigenvalue weighted by Gasteiger charge is -2.35. The standard InChI is InChI=1S/C19H19F3N2O.C2H6/c20-19(21,22)17-9-5-4-8-16(17)18(25)24-12-10-23(11-13-24)14-15-6-2-1-3-7-15;1-2/h1-9H,10-14H2;1-2H3. The molecule has 2 aromatic carbocycles. The Balaban J connectivity index is 0.00000126. The van der Waals surface area contributed by atoms with Crippen molar-refractivity contribution in [3.63, 3.8) is 0 Å². The number of halogens is 3. The average molecular weight is 378 g/mol. The van der Waals surface area contributed by atoms with Crippen LogP contribution in [0.2, 0.25) is 0 Å². The van der Waals surface area contributed by atoms with Crippen LogP contribution in [-0.4, -0.2) is 41.9 Å². The Kier molecular flexibility index (Phi) is 7.42. The first-order valence-electron chi connectivity index (χ1n) is 9.17. The Labute approximate surface area is 158 Å². The third kappa shape index (κ3) is 5.57. The lowest BCUT2D eigenvalue weighted by atomic mass is 10.1. The van der Waals surface area contributed by atoms with E-state index in [0.29, 0.717) is 26.2 Å². The van der Waals surface area contributed by atoms with E-state index in [1.54, 1.807) is 0 Å². The first-order chi connectivity index (χ1) is 12.9. The second kappa shape index (κ2) is 9.55. The molecule has 0 atom stereocenters. The quantitative estimate of drug-likeness (QED) is 0.774. The van der Waals surface area contributed by atoms with Crippen molar-refractivity contribution < 1.29 is 18.0 Å². The van der Waals surface area contributed by atoms with Crippen LogP contribution in [0.3, 0.4) is 0 Å². The van der Waals surface area contributed by atoms with Gasteiger partial charge in [0.15, 0.2) is 0 Å². The third-order valence-electron chi connectivity index (χ3n) is 4.37. The number of benzene rings is 2. The Morgan fingerprint density at radius 2 is 1.44 bits per heavy atom. The highest BCUT2D eigenvalue weighted by molar-refractivity contribution is 5.96. The van der Waals surface area contributed by atoms with Crippen LogP contribution in [0.25, 0.3) is 0 Å². The maximum atomic E-state index is 13.1. The number of nitrogens with zero attached hydrogens (tertiary/aromatic N) is 2. The zero-order valence-electron chi connectivity index (χ0n) is 15.7. The zero-order valence-corrected chi connectivity index (χ0v) is 15.7. The fraction of sp³-hybridized carbons (Fsp3) is 0.381. The first-order valence-corrected chi connectivity index (χ1v) is 9.17. The van der Waals surface area contributed by atoms with Gasteiger partial charge in [-0.2, -0.15) is 13.2 Å². The van der Waals surface area contributed by atoms with Gasteiger partial charge in [-0.25, -0.2) is 0 Å². The molecule has 0 aliphatic carbocycles. The molecule has 6 heteroatoms. The molecule has 0 spiro atoms. The highest BCUT2D eigenvalue weighted by Crippen LogP contribution is 2.32. The smallest absolute Gasteiger partial charge is 0.336 e. The fourth-order valence-corrected chi connectivity index (χ4v) is 3.04. The summed E-state index contributed by atoms with van der Waals surface area (Å²) in [6.45, 7) is 6.93. The molecular formula is C21H25F3N2O. The van der Waals surface area contributed by atoms with Crippen molar-refractivity contribution in [3.8, 4) is 0 Å². The summed E-state index contributed by atoms with van der Waals surface area (Å²) in [4.78, 5) is 16.2. The zero-order chi connectivity index (χ0) is 19.9. The van der Waals surface area contributed by atoms with E-state index < -0.39 is 17.6 Å². The van der Waals surface area contributed by atoms with Gasteiger partial charge in [0.2, 0.25) is 0 Å². The molecule has 1 aliphatic heterocycles. The number of carbonyl (C=O) groups excluding carboxylic acids is 1. The second-order valence-electron chi connectivity index (χ2n) is 6.10. The van der Waals surface area contributed by atoms with Gasteiger partial charge in [-0.05, 0) is 17.7 Å². The summed E-state index contributed by atoms with van der Waals surface area (Å²) in [5.41, 5.74) is 0.0444. The van der Waals surface area contributed by atoms with Crippen molar-refractivity contribution in [2.75, 3.05) is 26.2 Å². The van der Waals surface area contributed by atoms with Crippen LogP contribution in [0.5, 0.6) is 0 Å². The van der Waals surface area contributed by atoms with Gasteiger partial charge in [0.25, 0.3) is 5.91 Å². The summed E-state index contributed by atoms with van der Waals surface area (Å²) in [5.74, 6) is -0.549. The summed E-state index contributed by atoms with van der Waals surface area (Å²) < 4.78 is 39.3. The van der Waals surface area contributed by atoms with Crippen molar-refractivity contribution in [2.45, 2.75) is 26.6 Å².